The molecule has 3 aromatic rings. The van der Waals surface area contributed by atoms with Crippen LogP contribution in [0.15, 0.2) is 59.4 Å². The minimum Gasteiger partial charge on any atom is -0.507 e. The molecule has 0 amide bonds. The molecule has 1 aliphatic rings. The number of para-hydroxylation sites is 1. The van der Waals surface area contributed by atoms with Crippen molar-refractivity contribution in [3.8, 4) is 5.75 Å². The molecule has 0 saturated heterocycles. The average Bonchev–Trinajstić information content (AvgIpc) is 2.98. The standard InChI is InChI=1S/C22H16N2O4/c1-13-17(12-18-15-7-3-2-6-14(15)10-11-20(18)26)22(28)24(23-13)21(27)16-8-4-5-9-19(16)25/h2-12,23,25H,1H3/b18-12-. The predicted octanol–water partition coefficient (Wildman–Crippen LogP) is 3.02. The molecule has 0 bridgehead atoms. The maximum atomic E-state index is 12.9. The minimum absolute atomic E-state index is 0.00655. The third kappa shape index (κ3) is 2.81. The summed E-state index contributed by atoms with van der Waals surface area (Å²) >= 11 is 0. The van der Waals surface area contributed by atoms with Gasteiger partial charge in [0.25, 0.3) is 11.5 Å². The van der Waals surface area contributed by atoms with Crippen molar-refractivity contribution in [2.75, 3.05) is 0 Å². The van der Waals surface area contributed by atoms with Crippen LogP contribution in [0.2, 0.25) is 0 Å². The number of hydrogen-bond donors (Lipinski definition) is 2. The number of nitrogens with one attached hydrogen (secondary N) is 1. The lowest BCUT2D eigenvalue weighted by atomic mass is 9.90. The average molecular weight is 372 g/mol. The lowest BCUT2D eigenvalue weighted by Crippen LogP contribution is -2.26. The molecular weight excluding hydrogens is 356 g/mol. The molecule has 0 radical (unpaired) electrons. The Hall–Kier alpha value is -3.93. The van der Waals surface area contributed by atoms with Crippen molar-refractivity contribution in [3.63, 3.8) is 0 Å². The summed E-state index contributed by atoms with van der Waals surface area (Å²) in [5.74, 6) is -1.10. The van der Waals surface area contributed by atoms with E-state index < -0.39 is 11.5 Å². The van der Waals surface area contributed by atoms with Crippen molar-refractivity contribution in [1.29, 1.82) is 0 Å². The van der Waals surface area contributed by atoms with E-state index in [2.05, 4.69) is 5.10 Å². The normalized spacial score (nSPS) is 14.3. The van der Waals surface area contributed by atoms with Gasteiger partial charge in [-0.05, 0) is 42.3 Å². The van der Waals surface area contributed by atoms with Crippen molar-refractivity contribution >= 4 is 29.4 Å². The number of aromatic hydroxyl groups is 1. The first-order valence-corrected chi connectivity index (χ1v) is 8.65. The molecule has 6 nitrogen and oxygen atoms in total. The zero-order valence-electron chi connectivity index (χ0n) is 15.0. The fourth-order valence-electron chi connectivity index (χ4n) is 3.22. The van der Waals surface area contributed by atoms with Crippen LogP contribution >= 0.6 is 0 Å². The second-order valence-corrected chi connectivity index (χ2v) is 6.46. The van der Waals surface area contributed by atoms with Gasteiger partial charge in [-0.1, -0.05) is 42.5 Å². The molecule has 138 valence electrons. The van der Waals surface area contributed by atoms with Gasteiger partial charge >= 0.3 is 0 Å². The highest BCUT2D eigenvalue weighted by Gasteiger charge is 2.22. The molecule has 1 heterocycles. The van der Waals surface area contributed by atoms with Gasteiger partial charge < -0.3 is 5.11 Å². The Morgan fingerprint density at radius 1 is 1.04 bits per heavy atom. The topological polar surface area (TPSA) is 92.2 Å². The molecule has 0 atom stereocenters. The highest BCUT2D eigenvalue weighted by molar-refractivity contribution is 6.33. The summed E-state index contributed by atoms with van der Waals surface area (Å²) < 4.78 is 0.839. The summed E-state index contributed by atoms with van der Waals surface area (Å²) in [6, 6.07) is 13.4. The molecule has 1 aromatic heterocycles. The molecular formula is C22H16N2O4. The van der Waals surface area contributed by atoms with Gasteiger partial charge in [-0.15, -0.1) is 0 Å². The first-order chi connectivity index (χ1) is 13.5. The van der Waals surface area contributed by atoms with Gasteiger partial charge in [0.2, 0.25) is 0 Å². The van der Waals surface area contributed by atoms with E-state index >= 15 is 0 Å². The Kier molecular flexibility index (Phi) is 4.16. The number of H-pyrrole nitrogens is 1. The molecule has 0 spiro atoms. The van der Waals surface area contributed by atoms with E-state index in [9.17, 15) is 19.5 Å². The number of nitrogens with zero attached hydrogens (tertiary/aromatic N) is 1. The fourth-order valence-corrected chi connectivity index (χ4v) is 3.22. The van der Waals surface area contributed by atoms with Gasteiger partial charge in [0, 0.05) is 11.3 Å². The lowest BCUT2D eigenvalue weighted by molar-refractivity contribution is -0.109. The van der Waals surface area contributed by atoms with Crippen LogP contribution in [-0.4, -0.2) is 26.6 Å². The Morgan fingerprint density at radius 3 is 2.54 bits per heavy atom. The second kappa shape index (κ2) is 6.66. The zero-order valence-corrected chi connectivity index (χ0v) is 15.0. The number of fused-ring (bicyclic) bond motifs is 1. The number of ketones is 1. The number of phenolic OH excluding ortho intramolecular Hbond substituents is 1. The molecule has 28 heavy (non-hydrogen) atoms. The van der Waals surface area contributed by atoms with E-state index in [0.29, 0.717) is 11.3 Å². The molecule has 2 aromatic carbocycles. The number of aromatic nitrogens is 2. The number of allylic oxidation sites excluding steroid dienone is 2. The summed E-state index contributed by atoms with van der Waals surface area (Å²) in [6.45, 7) is 1.65. The minimum atomic E-state index is -0.675. The van der Waals surface area contributed by atoms with E-state index in [-0.39, 0.29) is 22.7 Å². The van der Waals surface area contributed by atoms with Crippen LogP contribution in [0.4, 0.5) is 0 Å². The molecule has 0 saturated carbocycles. The maximum absolute atomic E-state index is 12.9. The van der Waals surface area contributed by atoms with Crippen LogP contribution in [0.5, 0.6) is 5.75 Å². The van der Waals surface area contributed by atoms with Crippen LogP contribution in [-0.2, 0) is 4.79 Å². The quantitative estimate of drug-likeness (QED) is 0.677. The Balaban J connectivity index is 1.83. The van der Waals surface area contributed by atoms with Crippen LogP contribution < -0.4 is 5.56 Å². The lowest BCUT2D eigenvalue weighted by Gasteiger charge is -2.12. The fraction of sp³-hybridized carbons (Fsp3) is 0.0455. The number of hydrogen-bond acceptors (Lipinski definition) is 4. The molecule has 0 unspecified atom stereocenters. The summed E-state index contributed by atoms with van der Waals surface area (Å²) in [5, 5.41) is 12.6. The Labute approximate surface area is 160 Å². The summed E-state index contributed by atoms with van der Waals surface area (Å²) in [5.41, 5.74) is 2.09. The molecule has 2 N–H and O–H groups in total. The monoisotopic (exact) mass is 372 g/mol. The number of aryl methyl sites for hydroxylation is 1. The van der Waals surface area contributed by atoms with Crippen molar-refractivity contribution < 1.29 is 14.7 Å². The van der Waals surface area contributed by atoms with E-state index in [0.717, 1.165) is 15.8 Å². The summed E-state index contributed by atoms with van der Waals surface area (Å²) in [4.78, 5) is 38.0. The summed E-state index contributed by atoms with van der Waals surface area (Å²) in [7, 11) is 0. The first kappa shape index (κ1) is 17.5. The number of phenols is 1. The van der Waals surface area contributed by atoms with E-state index in [1.165, 1.54) is 24.3 Å². The smallest absolute Gasteiger partial charge is 0.283 e. The number of carbonyl (C=O) groups excluding carboxylic acids is 2. The second-order valence-electron chi connectivity index (χ2n) is 6.46. The molecule has 0 aliphatic heterocycles. The predicted molar refractivity (Wildman–Crippen MR) is 106 cm³/mol. The van der Waals surface area contributed by atoms with Crippen LogP contribution in [0.1, 0.15) is 32.7 Å². The SMILES string of the molecule is Cc1[nH]n(C(=O)c2ccccc2O)c(=O)c1/C=C1\C(=O)C=Cc2ccccc21. The number of rotatable bonds is 2. The molecule has 4 rings (SSSR count). The van der Waals surface area contributed by atoms with E-state index in [1.54, 1.807) is 25.1 Å². The number of carbonyl (C=O) groups is 2. The van der Waals surface area contributed by atoms with Crippen LogP contribution in [0.3, 0.4) is 0 Å². The highest BCUT2D eigenvalue weighted by Crippen LogP contribution is 2.28. The number of benzene rings is 2. The van der Waals surface area contributed by atoms with Crippen molar-refractivity contribution in [2.24, 2.45) is 0 Å². The summed E-state index contributed by atoms with van der Waals surface area (Å²) in [6.07, 6.45) is 4.70. The van der Waals surface area contributed by atoms with Gasteiger partial charge in [0.05, 0.1) is 11.1 Å². The van der Waals surface area contributed by atoms with Gasteiger partial charge in [-0.2, -0.15) is 4.68 Å². The third-order valence-corrected chi connectivity index (χ3v) is 4.67. The van der Waals surface area contributed by atoms with Crippen LogP contribution in [0.25, 0.3) is 17.7 Å². The van der Waals surface area contributed by atoms with Crippen LogP contribution in [0, 0.1) is 6.92 Å². The van der Waals surface area contributed by atoms with Crippen molar-refractivity contribution in [1.82, 2.24) is 9.78 Å². The Morgan fingerprint density at radius 2 is 1.75 bits per heavy atom. The Bertz CT molecular complexity index is 1240. The zero-order chi connectivity index (χ0) is 19.8. The van der Waals surface area contributed by atoms with E-state index in [1.807, 2.05) is 24.3 Å². The van der Waals surface area contributed by atoms with Gasteiger partial charge in [-0.3, -0.25) is 19.5 Å². The van der Waals surface area contributed by atoms with Gasteiger partial charge in [0.15, 0.2) is 5.78 Å². The molecule has 1 aliphatic carbocycles. The largest absolute Gasteiger partial charge is 0.507 e. The molecule has 6 heteroatoms. The van der Waals surface area contributed by atoms with Crippen molar-refractivity contribution in [2.45, 2.75) is 6.92 Å². The maximum Gasteiger partial charge on any atom is 0.283 e. The highest BCUT2D eigenvalue weighted by atomic mass is 16.3. The van der Waals surface area contributed by atoms with Gasteiger partial charge in [-0.25, -0.2) is 0 Å². The van der Waals surface area contributed by atoms with Gasteiger partial charge in [0.1, 0.15) is 5.75 Å². The molecule has 0 fully saturated rings. The van der Waals surface area contributed by atoms with Crippen molar-refractivity contribution in [3.05, 3.63) is 92.9 Å². The first-order valence-electron chi connectivity index (χ1n) is 8.65. The van der Waals surface area contributed by atoms with E-state index in [4.69, 9.17) is 0 Å². The third-order valence-electron chi connectivity index (χ3n) is 4.67. The number of aromatic amines is 1.